The summed E-state index contributed by atoms with van der Waals surface area (Å²) >= 11 is 3.47. The van der Waals surface area contributed by atoms with Crippen LogP contribution in [0.4, 0.5) is 0 Å². The molecule has 1 aromatic rings. The average molecular weight is 317 g/mol. The fourth-order valence-corrected chi connectivity index (χ4v) is 3.89. The molecule has 1 unspecified atom stereocenters. The molecule has 1 aliphatic carbocycles. The van der Waals surface area contributed by atoms with Crippen molar-refractivity contribution in [3.63, 3.8) is 0 Å². The van der Waals surface area contributed by atoms with E-state index >= 15 is 0 Å². The zero-order chi connectivity index (χ0) is 15.2. The third kappa shape index (κ3) is 4.11. The second kappa shape index (κ2) is 7.66. The van der Waals surface area contributed by atoms with Crippen LogP contribution in [0, 0.1) is 5.92 Å². The van der Waals surface area contributed by atoms with Gasteiger partial charge in [-0.25, -0.2) is 0 Å². The molecule has 0 saturated carbocycles. The van der Waals surface area contributed by atoms with Crippen LogP contribution in [0.15, 0.2) is 52.6 Å². The van der Waals surface area contributed by atoms with Crippen molar-refractivity contribution in [2.75, 3.05) is 12.5 Å². The molecule has 0 aromatic carbocycles. The van der Waals surface area contributed by atoms with Gasteiger partial charge in [-0.2, -0.15) is 0 Å². The molecule has 21 heavy (non-hydrogen) atoms. The first-order valence-corrected chi connectivity index (χ1v) is 9.22. The van der Waals surface area contributed by atoms with Crippen LogP contribution in [0.3, 0.4) is 0 Å². The summed E-state index contributed by atoms with van der Waals surface area (Å²) in [6.45, 7) is 1.96. The van der Waals surface area contributed by atoms with E-state index in [-0.39, 0.29) is 11.7 Å². The quantitative estimate of drug-likeness (QED) is 0.796. The molecule has 1 heterocycles. The Balaban J connectivity index is 2.33. The topological polar surface area (TPSA) is 30.0 Å². The van der Waals surface area contributed by atoms with E-state index in [0.29, 0.717) is 0 Å². The normalized spacial score (nSPS) is 17.6. The van der Waals surface area contributed by atoms with Crippen molar-refractivity contribution < 1.29 is 4.79 Å². The van der Waals surface area contributed by atoms with Gasteiger partial charge in [0.15, 0.2) is 5.78 Å². The highest BCUT2D eigenvalue weighted by molar-refractivity contribution is 8.21. The molecule has 2 rings (SSSR count). The molecule has 110 valence electrons. The number of allylic oxidation sites excluding steroid dienone is 5. The van der Waals surface area contributed by atoms with Crippen LogP contribution in [0.5, 0.6) is 0 Å². The standard InChI is InChI=1S/C17H19NOS2/c1-12-4-5-14(16(19)10-12)11-15(17(20-2)21-3)13-6-8-18-9-7-13/h4-10,14H,11H2,1-3H3. The van der Waals surface area contributed by atoms with Crippen molar-refractivity contribution in [3.05, 3.63) is 58.1 Å². The average Bonchev–Trinajstić information content (AvgIpc) is 2.50. The van der Waals surface area contributed by atoms with Gasteiger partial charge in [0.2, 0.25) is 0 Å². The van der Waals surface area contributed by atoms with Crippen LogP contribution in [-0.2, 0) is 4.79 Å². The highest BCUT2D eigenvalue weighted by Crippen LogP contribution is 2.37. The van der Waals surface area contributed by atoms with Crippen molar-refractivity contribution in [1.29, 1.82) is 0 Å². The maximum Gasteiger partial charge on any atom is 0.163 e. The maximum atomic E-state index is 12.2. The highest BCUT2D eigenvalue weighted by Gasteiger charge is 2.20. The number of carbonyl (C=O) groups excluding carboxylic acids is 1. The molecule has 1 atom stereocenters. The van der Waals surface area contributed by atoms with Gasteiger partial charge in [0.05, 0.1) is 0 Å². The zero-order valence-corrected chi connectivity index (χ0v) is 14.1. The fraction of sp³-hybridized carbons (Fsp3) is 0.294. The van der Waals surface area contributed by atoms with Gasteiger partial charge in [-0.3, -0.25) is 9.78 Å². The molecule has 0 fully saturated rings. The van der Waals surface area contributed by atoms with Crippen LogP contribution < -0.4 is 0 Å². The lowest BCUT2D eigenvalue weighted by Crippen LogP contribution is -2.13. The Bertz CT molecular complexity index is 596. The van der Waals surface area contributed by atoms with Gasteiger partial charge < -0.3 is 0 Å². The van der Waals surface area contributed by atoms with Gasteiger partial charge >= 0.3 is 0 Å². The van der Waals surface area contributed by atoms with Gasteiger partial charge in [-0.05, 0) is 60.8 Å². The summed E-state index contributed by atoms with van der Waals surface area (Å²) < 4.78 is 1.26. The zero-order valence-electron chi connectivity index (χ0n) is 12.5. The second-order valence-corrected chi connectivity index (χ2v) is 6.76. The SMILES string of the molecule is CSC(SC)=C(CC1C=CC(C)=CC1=O)c1ccncc1. The molecule has 0 aliphatic heterocycles. The number of ketones is 1. The molecular weight excluding hydrogens is 298 g/mol. The Morgan fingerprint density at radius 2 is 1.90 bits per heavy atom. The molecule has 0 radical (unpaired) electrons. The first-order chi connectivity index (χ1) is 10.2. The predicted octanol–water partition coefficient (Wildman–Crippen LogP) is 4.57. The number of nitrogens with zero attached hydrogens (tertiary/aromatic N) is 1. The van der Waals surface area contributed by atoms with Gasteiger partial charge in [0.1, 0.15) is 0 Å². The third-order valence-corrected chi connectivity index (χ3v) is 5.63. The number of thioether (sulfide) groups is 2. The van der Waals surface area contributed by atoms with E-state index in [1.807, 2.05) is 31.2 Å². The minimum Gasteiger partial charge on any atom is -0.294 e. The maximum absolute atomic E-state index is 12.2. The van der Waals surface area contributed by atoms with Crippen LogP contribution in [0.25, 0.3) is 5.57 Å². The summed E-state index contributed by atoms with van der Waals surface area (Å²) in [6.07, 6.45) is 14.3. The van der Waals surface area contributed by atoms with E-state index in [4.69, 9.17) is 0 Å². The molecule has 0 spiro atoms. The van der Waals surface area contributed by atoms with Gasteiger partial charge in [0, 0.05) is 22.5 Å². The van der Waals surface area contributed by atoms with Crippen molar-refractivity contribution in [1.82, 2.24) is 4.98 Å². The predicted molar refractivity (Wildman–Crippen MR) is 94.2 cm³/mol. The van der Waals surface area contributed by atoms with E-state index in [0.717, 1.165) is 17.6 Å². The molecule has 0 N–H and O–H groups in total. The Kier molecular flexibility index (Phi) is 5.88. The lowest BCUT2D eigenvalue weighted by Gasteiger charge is -2.18. The van der Waals surface area contributed by atoms with Gasteiger partial charge in [-0.15, -0.1) is 23.5 Å². The number of hydrogen-bond acceptors (Lipinski definition) is 4. The van der Waals surface area contributed by atoms with Crippen LogP contribution in [-0.4, -0.2) is 23.3 Å². The summed E-state index contributed by atoms with van der Waals surface area (Å²) in [5, 5.41) is 0. The van der Waals surface area contributed by atoms with E-state index < -0.39 is 0 Å². The monoisotopic (exact) mass is 317 g/mol. The first-order valence-electron chi connectivity index (χ1n) is 6.77. The molecule has 0 amide bonds. The minimum atomic E-state index is -0.0637. The Hall–Kier alpha value is -1.26. The van der Waals surface area contributed by atoms with E-state index in [9.17, 15) is 4.79 Å². The summed E-state index contributed by atoms with van der Waals surface area (Å²) in [4.78, 5) is 16.3. The minimum absolute atomic E-state index is 0.0637. The second-order valence-electron chi connectivity index (χ2n) is 4.87. The molecule has 0 saturated heterocycles. The van der Waals surface area contributed by atoms with Crippen LogP contribution in [0.1, 0.15) is 18.9 Å². The molecule has 0 bridgehead atoms. The van der Waals surface area contributed by atoms with Crippen LogP contribution >= 0.6 is 23.5 Å². The lowest BCUT2D eigenvalue weighted by molar-refractivity contribution is -0.116. The summed E-state index contributed by atoms with van der Waals surface area (Å²) in [6, 6.07) is 4.03. The Labute approximate surface area is 134 Å². The Morgan fingerprint density at radius 1 is 1.24 bits per heavy atom. The van der Waals surface area contributed by atoms with Gasteiger partial charge in [-0.1, -0.05) is 12.2 Å². The third-order valence-electron chi connectivity index (χ3n) is 3.40. The number of pyridine rings is 1. The van der Waals surface area contributed by atoms with E-state index in [1.165, 1.54) is 9.81 Å². The molecule has 1 aliphatic rings. The van der Waals surface area contributed by atoms with Crippen molar-refractivity contribution >= 4 is 34.9 Å². The van der Waals surface area contributed by atoms with Gasteiger partial charge in [0.25, 0.3) is 0 Å². The fourth-order valence-electron chi connectivity index (χ4n) is 2.33. The van der Waals surface area contributed by atoms with Crippen molar-refractivity contribution in [2.24, 2.45) is 5.92 Å². The van der Waals surface area contributed by atoms with Crippen molar-refractivity contribution in [2.45, 2.75) is 13.3 Å². The van der Waals surface area contributed by atoms with Crippen molar-refractivity contribution in [3.8, 4) is 0 Å². The number of carbonyl (C=O) groups is 1. The summed E-state index contributed by atoms with van der Waals surface area (Å²) in [5.74, 6) is 0.134. The van der Waals surface area contributed by atoms with E-state index in [1.54, 1.807) is 42.0 Å². The Morgan fingerprint density at radius 3 is 2.48 bits per heavy atom. The molecule has 1 aromatic heterocycles. The number of hydrogen-bond donors (Lipinski definition) is 0. The summed E-state index contributed by atoms with van der Waals surface area (Å²) in [5.41, 5.74) is 3.41. The highest BCUT2D eigenvalue weighted by atomic mass is 32.2. The number of aromatic nitrogens is 1. The molecule has 4 heteroatoms. The number of rotatable bonds is 5. The first kappa shape index (κ1) is 16.1. The van der Waals surface area contributed by atoms with E-state index in [2.05, 4.69) is 17.5 Å². The lowest BCUT2D eigenvalue weighted by atomic mass is 9.88. The largest absolute Gasteiger partial charge is 0.294 e. The van der Waals surface area contributed by atoms with Crippen LogP contribution in [0.2, 0.25) is 0 Å². The smallest absolute Gasteiger partial charge is 0.163 e. The molecular formula is C17H19NOS2. The molecule has 2 nitrogen and oxygen atoms in total. The summed E-state index contributed by atoms with van der Waals surface area (Å²) in [7, 11) is 0.